The number of aryl methyl sites for hydroxylation is 1. The van der Waals surface area contributed by atoms with Crippen LogP contribution in [0.2, 0.25) is 0 Å². The van der Waals surface area contributed by atoms with Gasteiger partial charge in [0.1, 0.15) is 5.75 Å². The number of rotatable bonds is 5. The summed E-state index contributed by atoms with van der Waals surface area (Å²) >= 11 is 0. The Morgan fingerprint density at radius 1 is 1.10 bits per heavy atom. The van der Waals surface area contributed by atoms with Crippen molar-refractivity contribution in [2.75, 3.05) is 25.6 Å². The molecule has 0 aromatic heterocycles. The van der Waals surface area contributed by atoms with Crippen molar-refractivity contribution < 1.29 is 4.74 Å². The SMILES string of the molecule is COc1ccccc1C(CN)N(C)c1ccc(C)cc1. The third-order valence-corrected chi connectivity index (χ3v) is 3.63. The number of hydrogen-bond acceptors (Lipinski definition) is 3. The van der Waals surface area contributed by atoms with Crippen LogP contribution in [-0.2, 0) is 0 Å². The maximum absolute atomic E-state index is 6.00. The molecule has 0 spiro atoms. The molecule has 0 saturated carbocycles. The first kappa shape index (κ1) is 14.4. The first-order chi connectivity index (χ1) is 9.67. The van der Waals surface area contributed by atoms with E-state index < -0.39 is 0 Å². The fourth-order valence-corrected chi connectivity index (χ4v) is 2.40. The van der Waals surface area contributed by atoms with Crippen molar-refractivity contribution in [3.05, 3.63) is 59.7 Å². The second-order valence-electron chi connectivity index (χ2n) is 4.94. The summed E-state index contributed by atoms with van der Waals surface area (Å²) in [4.78, 5) is 2.19. The van der Waals surface area contributed by atoms with Crippen LogP contribution in [0.15, 0.2) is 48.5 Å². The lowest BCUT2D eigenvalue weighted by Gasteiger charge is -2.30. The van der Waals surface area contributed by atoms with Gasteiger partial charge in [-0.3, -0.25) is 0 Å². The minimum absolute atomic E-state index is 0.0915. The molecule has 0 heterocycles. The number of methoxy groups -OCH3 is 1. The van der Waals surface area contributed by atoms with Gasteiger partial charge >= 0.3 is 0 Å². The topological polar surface area (TPSA) is 38.5 Å². The summed E-state index contributed by atoms with van der Waals surface area (Å²) in [6.45, 7) is 2.62. The van der Waals surface area contributed by atoms with Crippen molar-refractivity contribution >= 4 is 5.69 Å². The van der Waals surface area contributed by atoms with Gasteiger partial charge < -0.3 is 15.4 Å². The molecule has 0 aliphatic carbocycles. The van der Waals surface area contributed by atoms with Crippen LogP contribution in [-0.4, -0.2) is 20.7 Å². The molecular weight excluding hydrogens is 248 g/mol. The standard InChI is InChI=1S/C17H22N2O/c1-13-8-10-14(11-9-13)19(2)16(12-18)15-6-4-5-7-17(15)20-3/h4-11,16H,12,18H2,1-3H3. The van der Waals surface area contributed by atoms with E-state index in [0.29, 0.717) is 6.54 Å². The molecule has 0 amide bonds. The predicted molar refractivity (Wildman–Crippen MR) is 84.4 cm³/mol. The van der Waals surface area contributed by atoms with Crippen LogP contribution in [0.3, 0.4) is 0 Å². The summed E-state index contributed by atoms with van der Waals surface area (Å²) in [5.74, 6) is 0.877. The molecule has 0 fully saturated rings. The highest BCUT2D eigenvalue weighted by Crippen LogP contribution is 2.31. The Kier molecular flexibility index (Phi) is 4.64. The summed E-state index contributed by atoms with van der Waals surface area (Å²) in [5.41, 5.74) is 9.51. The Bertz CT molecular complexity index is 551. The molecule has 2 aromatic carbocycles. The highest BCUT2D eigenvalue weighted by molar-refractivity contribution is 5.51. The number of benzene rings is 2. The first-order valence-corrected chi connectivity index (χ1v) is 6.80. The van der Waals surface area contributed by atoms with E-state index in [-0.39, 0.29) is 6.04 Å². The third-order valence-electron chi connectivity index (χ3n) is 3.63. The van der Waals surface area contributed by atoms with Crippen LogP contribution in [0.5, 0.6) is 5.75 Å². The zero-order valence-electron chi connectivity index (χ0n) is 12.3. The van der Waals surface area contributed by atoms with Gasteiger partial charge in [-0.1, -0.05) is 35.9 Å². The second kappa shape index (κ2) is 6.44. The van der Waals surface area contributed by atoms with Gasteiger partial charge in [-0.15, -0.1) is 0 Å². The molecule has 0 radical (unpaired) electrons. The quantitative estimate of drug-likeness (QED) is 0.907. The van der Waals surface area contributed by atoms with E-state index in [9.17, 15) is 0 Å². The lowest BCUT2D eigenvalue weighted by atomic mass is 10.0. The highest BCUT2D eigenvalue weighted by atomic mass is 16.5. The summed E-state index contributed by atoms with van der Waals surface area (Å²) < 4.78 is 5.45. The zero-order valence-corrected chi connectivity index (χ0v) is 12.3. The summed E-state index contributed by atoms with van der Waals surface area (Å²) in [6.07, 6.45) is 0. The number of ether oxygens (including phenoxy) is 1. The summed E-state index contributed by atoms with van der Waals surface area (Å²) in [5, 5.41) is 0. The summed E-state index contributed by atoms with van der Waals surface area (Å²) in [7, 11) is 3.76. The molecular formula is C17H22N2O. The molecule has 106 valence electrons. The van der Waals surface area contributed by atoms with Crippen LogP contribution in [0.1, 0.15) is 17.2 Å². The minimum atomic E-state index is 0.0915. The Morgan fingerprint density at radius 3 is 2.35 bits per heavy atom. The highest BCUT2D eigenvalue weighted by Gasteiger charge is 2.19. The number of likely N-dealkylation sites (N-methyl/N-ethyl adjacent to an activating group) is 1. The van der Waals surface area contributed by atoms with Crippen LogP contribution < -0.4 is 15.4 Å². The number of anilines is 1. The monoisotopic (exact) mass is 270 g/mol. The fraction of sp³-hybridized carbons (Fsp3) is 0.294. The fourth-order valence-electron chi connectivity index (χ4n) is 2.40. The van der Waals surface area contributed by atoms with Crippen LogP contribution in [0.4, 0.5) is 5.69 Å². The largest absolute Gasteiger partial charge is 0.496 e. The molecule has 0 bridgehead atoms. The van der Waals surface area contributed by atoms with Gasteiger partial charge in [-0.05, 0) is 25.1 Å². The maximum Gasteiger partial charge on any atom is 0.124 e. The molecule has 0 aliphatic rings. The third kappa shape index (κ3) is 2.94. The molecule has 2 N–H and O–H groups in total. The van der Waals surface area contributed by atoms with Crippen molar-refractivity contribution in [2.24, 2.45) is 5.73 Å². The van der Waals surface area contributed by atoms with Crippen molar-refractivity contribution in [2.45, 2.75) is 13.0 Å². The van der Waals surface area contributed by atoms with E-state index in [4.69, 9.17) is 10.5 Å². The van der Waals surface area contributed by atoms with E-state index >= 15 is 0 Å². The van der Waals surface area contributed by atoms with Gasteiger partial charge in [0.05, 0.1) is 13.2 Å². The van der Waals surface area contributed by atoms with E-state index in [2.05, 4.69) is 49.2 Å². The summed E-state index contributed by atoms with van der Waals surface area (Å²) in [6, 6.07) is 16.6. The Labute approximate surface area is 121 Å². The normalized spacial score (nSPS) is 12.0. The molecule has 0 saturated heterocycles. The van der Waals surface area contributed by atoms with Crippen molar-refractivity contribution in [1.82, 2.24) is 0 Å². The van der Waals surface area contributed by atoms with E-state index in [0.717, 1.165) is 17.0 Å². The predicted octanol–water partition coefficient (Wildman–Crippen LogP) is 3.14. The smallest absolute Gasteiger partial charge is 0.124 e. The van der Waals surface area contributed by atoms with Gasteiger partial charge in [-0.2, -0.15) is 0 Å². The molecule has 3 nitrogen and oxygen atoms in total. The average molecular weight is 270 g/mol. The molecule has 3 heteroatoms. The van der Waals surface area contributed by atoms with Crippen LogP contribution in [0.25, 0.3) is 0 Å². The van der Waals surface area contributed by atoms with Crippen LogP contribution in [0, 0.1) is 6.92 Å². The molecule has 0 aliphatic heterocycles. The number of nitrogens with zero attached hydrogens (tertiary/aromatic N) is 1. The van der Waals surface area contributed by atoms with Gasteiger partial charge in [0.2, 0.25) is 0 Å². The molecule has 2 aromatic rings. The van der Waals surface area contributed by atoms with Gasteiger partial charge in [0, 0.05) is 24.8 Å². The molecule has 1 atom stereocenters. The zero-order chi connectivity index (χ0) is 14.5. The second-order valence-corrected chi connectivity index (χ2v) is 4.94. The van der Waals surface area contributed by atoms with Crippen molar-refractivity contribution in [1.29, 1.82) is 0 Å². The Balaban J connectivity index is 2.34. The number of nitrogens with two attached hydrogens (primary N) is 1. The van der Waals surface area contributed by atoms with E-state index in [1.54, 1.807) is 7.11 Å². The lowest BCUT2D eigenvalue weighted by molar-refractivity contribution is 0.405. The van der Waals surface area contributed by atoms with E-state index in [1.807, 2.05) is 18.2 Å². The maximum atomic E-state index is 6.00. The van der Waals surface area contributed by atoms with Crippen molar-refractivity contribution in [3.8, 4) is 5.75 Å². The van der Waals surface area contributed by atoms with Gasteiger partial charge in [-0.25, -0.2) is 0 Å². The Hall–Kier alpha value is -2.00. The number of para-hydroxylation sites is 1. The lowest BCUT2D eigenvalue weighted by Crippen LogP contribution is -2.30. The average Bonchev–Trinajstić information content (AvgIpc) is 2.49. The molecule has 20 heavy (non-hydrogen) atoms. The minimum Gasteiger partial charge on any atom is -0.496 e. The van der Waals surface area contributed by atoms with E-state index in [1.165, 1.54) is 5.56 Å². The van der Waals surface area contributed by atoms with Crippen LogP contribution >= 0.6 is 0 Å². The van der Waals surface area contributed by atoms with Crippen molar-refractivity contribution in [3.63, 3.8) is 0 Å². The number of hydrogen-bond donors (Lipinski definition) is 1. The first-order valence-electron chi connectivity index (χ1n) is 6.80. The van der Waals surface area contributed by atoms with Gasteiger partial charge in [0.25, 0.3) is 0 Å². The Morgan fingerprint density at radius 2 is 1.75 bits per heavy atom. The molecule has 1 unspecified atom stereocenters. The molecule has 2 rings (SSSR count). The van der Waals surface area contributed by atoms with Gasteiger partial charge in [0.15, 0.2) is 0 Å².